The molecule has 2 amide bonds. The number of carbonyl (C=O) groups excluding carboxylic acids is 2. The molecule has 0 radical (unpaired) electrons. The highest BCUT2D eigenvalue weighted by Gasteiger charge is 2.31. The summed E-state index contributed by atoms with van der Waals surface area (Å²) in [6.07, 6.45) is 2.13. The summed E-state index contributed by atoms with van der Waals surface area (Å²) in [5, 5.41) is 2.44. The molecule has 0 spiro atoms. The Hall–Kier alpha value is -2.48. The van der Waals surface area contributed by atoms with Gasteiger partial charge in [0.15, 0.2) is 5.65 Å². The third kappa shape index (κ3) is 4.57. The number of rotatable bonds is 4. The monoisotopic (exact) mass is 549 g/mol. The second kappa shape index (κ2) is 10.0. The maximum absolute atomic E-state index is 13.9. The van der Waals surface area contributed by atoms with Crippen LogP contribution in [-0.4, -0.2) is 21.5 Å². The van der Waals surface area contributed by atoms with Crippen molar-refractivity contribution in [3.8, 4) is 0 Å². The van der Waals surface area contributed by atoms with Gasteiger partial charge < -0.3 is 0 Å². The van der Waals surface area contributed by atoms with Crippen LogP contribution in [0.5, 0.6) is 0 Å². The number of hydrogen-bond acceptors (Lipinski definition) is 4. The van der Waals surface area contributed by atoms with Crippen LogP contribution in [0.1, 0.15) is 33.2 Å². The van der Waals surface area contributed by atoms with Gasteiger partial charge in [-0.15, -0.1) is 0 Å². The van der Waals surface area contributed by atoms with E-state index in [4.69, 9.17) is 58.6 Å². The first-order chi connectivity index (χ1) is 16.2. The first kappa shape index (κ1) is 24.6. The SMILES string of the molecule is CCc1cc2cccnc2n(N(C(=O)c2ccc(Cl)cc2Cl)C(=O)c2ccc(Cl)cc2Cl)c1=S. The normalized spacial score (nSPS) is 11.0. The number of imide groups is 1. The predicted molar refractivity (Wildman–Crippen MR) is 140 cm³/mol. The molecule has 0 saturated carbocycles. The van der Waals surface area contributed by atoms with Crippen LogP contribution >= 0.6 is 58.6 Å². The number of aromatic nitrogens is 2. The van der Waals surface area contributed by atoms with Crippen molar-refractivity contribution in [2.75, 3.05) is 5.01 Å². The van der Waals surface area contributed by atoms with Gasteiger partial charge in [-0.05, 0) is 66.6 Å². The van der Waals surface area contributed by atoms with Crippen molar-refractivity contribution in [3.05, 3.63) is 102 Å². The van der Waals surface area contributed by atoms with E-state index in [2.05, 4.69) is 4.98 Å². The van der Waals surface area contributed by atoms with Gasteiger partial charge in [0.05, 0.1) is 21.2 Å². The van der Waals surface area contributed by atoms with Crippen molar-refractivity contribution in [1.29, 1.82) is 0 Å². The van der Waals surface area contributed by atoms with Crippen LogP contribution in [0.4, 0.5) is 0 Å². The van der Waals surface area contributed by atoms with E-state index in [0.717, 1.165) is 10.6 Å². The molecule has 2 aromatic heterocycles. The summed E-state index contributed by atoms with van der Waals surface area (Å²) in [7, 11) is 0. The minimum absolute atomic E-state index is 0.0531. The highest BCUT2D eigenvalue weighted by molar-refractivity contribution is 7.71. The Morgan fingerprint density at radius 2 is 1.47 bits per heavy atom. The number of fused-ring (bicyclic) bond motifs is 1. The van der Waals surface area contributed by atoms with E-state index >= 15 is 0 Å². The van der Waals surface area contributed by atoms with Crippen molar-refractivity contribution < 1.29 is 9.59 Å². The van der Waals surface area contributed by atoms with Crippen molar-refractivity contribution in [1.82, 2.24) is 9.66 Å². The zero-order valence-corrected chi connectivity index (χ0v) is 21.4. The third-order valence-corrected chi connectivity index (χ3v) is 6.63. The molecule has 0 aliphatic heterocycles. The molecule has 0 unspecified atom stereocenters. The fourth-order valence-electron chi connectivity index (χ4n) is 3.45. The van der Waals surface area contributed by atoms with Gasteiger partial charge in [-0.1, -0.05) is 65.5 Å². The Labute approximate surface area is 220 Å². The second-order valence-electron chi connectivity index (χ2n) is 7.23. The molecular formula is C24H15Cl4N3O2S. The Balaban J connectivity index is 2.05. The standard InChI is InChI=1S/C24H15Cl4N3O2S/c1-2-13-10-14-4-3-9-29-21(14)30(24(13)34)31(22(32)17-7-5-15(25)11-19(17)27)23(33)18-8-6-16(26)12-20(18)28/h3-12H,2H2,1H3. The zero-order chi connectivity index (χ0) is 24.6. The van der Waals surface area contributed by atoms with Crippen LogP contribution in [0.15, 0.2) is 60.8 Å². The van der Waals surface area contributed by atoms with E-state index in [1.165, 1.54) is 41.1 Å². The fraction of sp³-hybridized carbons (Fsp3) is 0.0833. The molecule has 0 bridgehead atoms. The summed E-state index contributed by atoms with van der Waals surface area (Å²) in [6, 6.07) is 14.2. The molecule has 34 heavy (non-hydrogen) atoms. The van der Waals surface area contributed by atoms with E-state index in [0.29, 0.717) is 27.5 Å². The van der Waals surface area contributed by atoms with E-state index in [1.54, 1.807) is 12.3 Å². The topological polar surface area (TPSA) is 55.2 Å². The Bertz CT molecular complexity index is 1460. The molecule has 10 heteroatoms. The molecule has 0 atom stereocenters. The van der Waals surface area contributed by atoms with Crippen molar-refractivity contribution in [2.45, 2.75) is 13.3 Å². The number of pyridine rings is 2. The minimum Gasteiger partial charge on any atom is -0.267 e. The maximum atomic E-state index is 13.9. The average Bonchev–Trinajstić information content (AvgIpc) is 2.80. The summed E-state index contributed by atoms with van der Waals surface area (Å²) >= 11 is 30.4. The van der Waals surface area contributed by atoms with Gasteiger partial charge in [0.2, 0.25) is 0 Å². The van der Waals surface area contributed by atoms with Crippen molar-refractivity contribution in [3.63, 3.8) is 0 Å². The van der Waals surface area contributed by atoms with E-state index < -0.39 is 11.8 Å². The summed E-state index contributed by atoms with van der Waals surface area (Å²) in [6.45, 7) is 1.93. The molecule has 0 fully saturated rings. The Morgan fingerprint density at radius 1 is 0.912 bits per heavy atom. The maximum Gasteiger partial charge on any atom is 0.281 e. The zero-order valence-electron chi connectivity index (χ0n) is 17.6. The van der Waals surface area contributed by atoms with E-state index in [9.17, 15) is 9.59 Å². The lowest BCUT2D eigenvalue weighted by Crippen LogP contribution is -2.46. The third-order valence-electron chi connectivity index (χ3n) is 5.10. The Morgan fingerprint density at radius 3 is 1.97 bits per heavy atom. The lowest BCUT2D eigenvalue weighted by Gasteiger charge is -2.26. The van der Waals surface area contributed by atoms with Crippen molar-refractivity contribution >= 4 is 81.5 Å². The highest BCUT2D eigenvalue weighted by Crippen LogP contribution is 2.27. The number of aryl methyl sites for hydroxylation is 1. The van der Waals surface area contributed by atoms with Gasteiger partial charge in [0.25, 0.3) is 11.8 Å². The lowest BCUT2D eigenvalue weighted by atomic mass is 10.1. The summed E-state index contributed by atoms with van der Waals surface area (Å²) in [5.74, 6) is -1.46. The van der Waals surface area contributed by atoms with Crippen LogP contribution < -0.4 is 5.01 Å². The molecule has 5 nitrogen and oxygen atoms in total. The van der Waals surface area contributed by atoms with Gasteiger partial charge in [-0.2, -0.15) is 5.01 Å². The number of benzene rings is 2. The van der Waals surface area contributed by atoms with Crippen LogP contribution in [0, 0.1) is 4.64 Å². The van der Waals surface area contributed by atoms with Crippen LogP contribution in [0.25, 0.3) is 11.0 Å². The van der Waals surface area contributed by atoms with Gasteiger partial charge >= 0.3 is 0 Å². The summed E-state index contributed by atoms with van der Waals surface area (Å²) in [4.78, 5) is 32.2. The molecule has 172 valence electrons. The van der Waals surface area contributed by atoms with Gasteiger partial charge in [-0.25, -0.2) is 9.66 Å². The lowest BCUT2D eigenvalue weighted by molar-refractivity contribution is 0.0857. The molecule has 4 aromatic rings. The number of halogens is 4. The van der Waals surface area contributed by atoms with Crippen LogP contribution in [0.2, 0.25) is 20.1 Å². The number of amides is 2. The first-order valence-electron chi connectivity index (χ1n) is 10.0. The second-order valence-corrected chi connectivity index (χ2v) is 9.30. The van der Waals surface area contributed by atoms with E-state index in [-0.39, 0.29) is 25.8 Å². The van der Waals surface area contributed by atoms with E-state index in [1.807, 2.05) is 19.1 Å². The first-order valence-corrected chi connectivity index (χ1v) is 11.9. The Kier molecular flexibility index (Phi) is 7.26. The van der Waals surface area contributed by atoms with Gasteiger partial charge in [-0.3, -0.25) is 9.59 Å². The van der Waals surface area contributed by atoms with Crippen LogP contribution in [0.3, 0.4) is 0 Å². The quantitative estimate of drug-likeness (QED) is 0.194. The average molecular weight is 551 g/mol. The molecule has 4 rings (SSSR count). The number of nitrogens with zero attached hydrogens (tertiary/aromatic N) is 3. The highest BCUT2D eigenvalue weighted by atomic mass is 35.5. The van der Waals surface area contributed by atoms with Gasteiger partial charge in [0.1, 0.15) is 4.64 Å². The predicted octanol–water partition coefficient (Wildman–Crippen LogP) is 7.56. The van der Waals surface area contributed by atoms with Crippen molar-refractivity contribution in [2.24, 2.45) is 0 Å². The molecule has 2 aromatic carbocycles. The molecule has 0 aliphatic carbocycles. The molecule has 0 saturated heterocycles. The molecule has 2 heterocycles. The minimum atomic E-state index is -0.728. The number of carbonyl (C=O) groups is 2. The summed E-state index contributed by atoms with van der Waals surface area (Å²) in [5.41, 5.74) is 1.18. The molecular weight excluding hydrogens is 536 g/mol. The molecule has 0 N–H and O–H groups in total. The largest absolute Gasteiger partial charge is 0.281 e. The smallest absolute Gasteiger partial charge is 0.267 e. The van der Waals surface area contributed by atoms with Gasteiger partial charge in [0, 0.05) is 21.6 Å². The summed E-state index contributed by atoms with van der Waals surface area (Å²) < 4.78 is 1.58. The van der Waals surface area contributed by atoms with Crippen LogP contribution in [-0.2, 0) is 6.42 Å². The number of hydrogen-bond donors (Lipinski definition) is 0. The fourth-order valence-corrected chi connectivity index (χ4v) is 4.80. The molecule has 0 aliphatic rings.